The number of ketones is 1. The summed E-state index contributed by atoms with van der Waals surface area (Å²) in [6.07, 6.45) is -0.368. The maximum Gasteiger partial charge on any atom is 0.419 e. The predicted molar refractivity (Wildman–Crippen MR) is 157 cm³/mol. The van der Waals surface area contributed by atoms with E-state index in [2.05, 4.69) is 17.6 Å². The number of hydrogen-bond donors (Lipinski definition) is 1. The first kappa shape index (κ1) is 30.2. The molecule has 2 aromatic rings. The average molecular weight is 628 g/mol. The number of nitriles is 1. The summed E-state index contributed by atoms with van der Waals surface area (Å²) >= 11 is 4.64. The smallest absolute Gasteiger partial charge is 0.419 e. The van der Waals surface area contributed by atoms with E-state index in [4.69, 9.17) is 10.00 Å². The van der Waals surface area contributed by atoms with Crippen LogP contribution in [0.15, 0.2) is 36.5 Å². The number of anilines is 2. The zero-order valence-corrected chi connectivity index (χ0v) is 25.4. The molecule has 232 valence electrons. The van der Waals surface area contributed by atoms with Crippen LogP contribution in [0.25, 0.3) is 0 Å². The van der Waals surface area contributed by atoms with Crippen LogP contribution in [0.2, 0.25) is 0 Å². The van der Waals surface area contributed by atoms with E-state index in [1.54, 1.807) is 4.90 Å². The van der Waals surface area contributed by atoms with E-state index in [1.165, 1.54) is 6.07 Å². The zero-order valence-electron chi connectivity index (χ0n) is 24.5. The molecule has 4 atom stereocenters. The third-order valence-electron chi connectivity index (χ3n) is 9.16. The molecule has 3 saturated heterocycles. The number of halogens is 3. The molecule has 44 heavy (non-hydrogen) atoms. The van der Waals surface area contributed by atoms with E-state index in [1.807, 2.05) is 49.9 Å². The summed E-state index contributed by atoms with van der Waals surface area (Å²) in [5.74, 6) is -0.811. The third kappa shape index (κ3) is 4.78. The Hall–Kier alpha value is -3.79. The van der Waals surface area contributed by atoms with Crippen LogP contribution in [-0.4, -0.2) is 56.4 Å². The van der Waals surface area contributed by atoms with Crippen LogP contribution in [0, 0.1) is 11.3 Å². The number of fused-ring (bicyclic) bond motifs is 2. The van der Waals surface area contributed by atoms with Crippen molar-refractivity contribution in [3.8, 4) is 6.07 Å². The van der Waals surface area contributed by atoms with Crippen LogP contribution in [0.3, 0.4) is 0 Å². The maximum atomic E-state index is 13.8. The average Bonchev–Trinajstić information content (AvgIpc) is 3.37. The lowest BCUT2D eigenvalue weighted by Gasteiger charge is -2.43. The Bertz CT molecular complexity index is 1560. The van der Waals surface area contributed by atoms with Gasteiger partial charge >= 0.3 is 12.3 Å². The second-order valence-corrected chi connectivity index (χ2v) is 13.4. The van der Waals surface area contributed by atoms with Crippen molar-refractivity contribution < 1.29 is 32.3 Å². The number of amides is 2. The van der Waals surface area contributed by atoms with Gasteiger partial charge in [0.15, 0.2) is 22.5 Å². The lowest BCUT2D eigenvalue weighted by Crippen LogP contribution is -2.63. The summed E-state index contributed by atoms with van der Waals surface area (Å²) in [7, 11) is 0. The number of rotatable bonds is 3. The van der Waals surface area contributed by atoms with Gasteiger partial charge in [-0.25, -0.2) is 9.78 Å². The second kappa shape index (κ2) is 10.4. The molecule has 0 N–H and O–H groups in total. The van der Waals surface area contributed by atoms with Gasteiger partial charge in [-0.3, -0.25) is 14.5 Å². The number of ether oxygens (including phenoxy) is 1. The van der Waals surface area contributed by atoms with E-state index in [0.717, 1.165) is 42.3 Å². The van der Waals surface area contributed by atoms with Gasteiger partial charge in [0.2, 0.25) is 0 Å². The first-order chi connectivity index (χ1) is 20.7. The minimum Gasteiger partial charge on any atom is -0.444 e. The van der Waals surface area contributed by atoms with Crippen molar-refractivity contribution in [3.63, 3.8) is 0 Å². The van der Waals surface area contributed by atoms with E-state index in [9.17, 15) is 27.6 Å². The first-order valence-electron chi connectivity index (χ1n) is 14.6. The highest BCUT2D eigenvalue weighted by Crippen LogP contribution is 2.49. The molecule has 4 fully saturated rings. The highest BCUT2D eigenvalue weighted by molar-refractivity contribution is 7.81. The number of carbonyl (C=O) groups excluding carboxylic acids is 3. The van der Waals surface area contributed by atoms with Crippen molar-refractivity contribution >= 4 is 41.8 Å². The number of carbonyl (C=O) groups is 3. The van der Waals surface area contributed by atoms with E-state index in [-0.39, 0.29) is 48.4 Å². The second-order valence-electron chi connectivity index (χ2n) is 12.9. The molecule has 3 aliphatic heterocycles. The lowest BCUT2D eigenvalue weighted by atomic mass is 9.73. The molecule has 1 aliphatic carbocycles. The van der Waals surface area contributed by atoms with E-state index >= 15 is 0 Å². The summed E-state index contributed by atoms with van der Waals surface area (Å²) in [6, 6.07) is 9.81. The van der Waals surface area contributed by atoms with Crippen molar-refractivity contribution in [1.29, 1.82) is 5.26 Å². The van der Waals surface area contributed by atoms with Gasteiger partial charge < -0.3 is 14.5 Å². The zero-order chi connectivity index (χ0) is 31.8. The summed E-state index contributed by atoms with van der Waals surface area (Å²) < 4.78 is 46.7. The fraction of sp³-hybridized carbons (Fsp3) is 0.516. The molecule has 1 spiro atoms. The largest absolute Gasteiger partial charge is 0.444 e. The quantitative estimate of drug-likeness (QED) is 0.339. The standard InChI is InChI=1S/C31H32F3N5O4S/c1-29(2,3)43-28(42)37-20-8-9-21(37)13-18(12-20)17-4-6-19(7-5-17)39-27(44)38(26(41)30(39)11-10-25(30)40)22-14-23(31(32,33)34)24(15-35)36-16-22/h4-7,14,16,18,20-21,27,44H,8-13H2,1-3H3. The monoisotopic (exact) mass is 627 g/mol. The number of hydrogen-bond acceptors (Lipinski definition) is 8. The molecule has 0 radical (unpaired) electrons. The number of thiol groups is 1. The van der Waals surface area contributed by atoms with Crippen molar-refractivity contribution in [1.82, 2.24) is 9.88 Å². The van der Waals surface area contributed by atoms with Crippen molar-refractivity contribution in [3.05, 3.63) is 53.3 Å². The van der Waals surface area contributed by atoms with Gasteiger partial charge in [0, 0.05) is 24.2 Å². The fourth-order valence-electron chi connectivity index (χ4n) is 7.13. The van der Waals surface area contributed by atoms with Crippen LogP contribution in [-0.2, 0) is 20.5 Å². The first-order valence-corrected chi connectivity index (χ1v) is 15.1. The van der Waals surface area contributed by atoms with Crippen molar-refractivity contribution in [2.45, 2.75) is 100 Å². The van der Waals surface area contributed by atoms with Gasteiger partial charge in [-0.1, -0.05) is 12.1 Å². The SMILES string of the molecule is CC(C)(C)OC(=O)N1C2CCC1CC(c1ccc(N3C(S)N(c4cnc(C#N)c(C(F)(F)F)c4)C(=O)C34CCC4=O)cc1)C2. The van der Waals surface area contributed by atoms with Crippen molar-refractivity contribution in [2.75, 3.05) is 9.80 Å². The van der Waals surface area contributed by atoms with Crippen molar-refractivity contribution in [2.24, 2.45) is 0 Å². The van der Waals surface area contributed by atoms with Crippen LogP contribution < -0.4 is 9.80 Å². The highest BCUT2D eigenvalue weighted by Gasteiger charge is 2.66. The Morgan fingerprint density at radius 2 is 1.73 bits per heavy atom. The summed E-state index contributed by atoms with van der Waals surface area (Å²) in [5, 5.41) is 9.14. The molecule has 1 saturated carbocycles. The molecular formula is C31H32F3N5O4S. The molecule has 6 rings (SSSR count). The van der Waals surface area contributed by atoms with Gasteiger partial charge in [-0.2, -0.15) is 18.4 Å². The molecule has 4 heterocycles. The summed E-state index contributed by atoms with van der Waals surface area (Å²) in [4.78, 5) is 47.9. The number of Topliss-reactive ketones (excluding diaryl/α,β-unsaturated/α-hetero) is 1. The number of piperidine rings is 1. The molecule has 4 aliphatic rings. The highest BCUT2D eigenvalue weighted by atomic mass is 32.1. The molecule has 13 heteroatoms. The molecular weight excluding hydrogens is 595 g/mol. The number of nitrogens with zero attached hydrogens (tertiary/aromatic N) is 5. The Kier molecular flexibility index (Phi) is 7.15. The van der Waals surface area contributed by atoms with Gasteiger partial charge in [0.05, 0.1) is 17.4 Å². The topological polar surface area (TPSA) is 107 Å². The van der Waals surface area contributed by atoms with Gasteiger partial charge in [0.1, 0.15) is 11.7 Å². The maximum absolute atomic E-state index is 13.8. The Balaban J connectivity index is 1.26. The minimum atomic E-state index is -4.87. The van der Waals surface area contributed by atoms with Gasteiger partial charge in [0.25, 0.3) is 5.91 Å². The molecule has 1 aromatic heterocycles. The summed E-state index contributed by atoms with van der Waals surface area (Å²) in [6.45, 7) is 5.56. The van der Waals surface area contributed by atoms with Crippen LogP contribution in [0.4, 0.5) is 29.3 Å². The number of pyridine rings is 1. The number of alkyl halides is 3. The molecule has 9 nitrogen and oxygen atoms in total. The third-order valence-corrected chi connectivity index (χ3v) is 9.63. The Morgan fingerprint density at radius 3 is 2.23 bits per heavy atom. The molecule has 1 aromatic carbocycles. The van der Waals surface area contributed by atoms with E-state index < -0.39 is 40.0 Å². The lowest BCUT2D eigenvalue weighted by molar-refractivity contribution is -0.140. The number of benzene rings is 1. The molecule has 2 amide bonds. The molecule has 2 bridgehead atoms. The van der Waals surface area contributed by atoms with Crippen LogP contribution >= 0.6 is 12.6 Å². The Labute approximate surface area is 258 Å². The predicted octanol–water partition coefficient (Wildman–Crippen LogP) is 5.79. The normalized spacial score (nSPS) is 28.4. The van der Waals surface area contributed by atoms with E-state index in [0.29, 0.717) is 11.8 Å². The Morgan fingerprint density at radius 1 is 1.09 bits per heavy atom. The number of aromatic nitrogens is 1. The van der Waals surface area contributed by atoms with Crippen LogP contribution in [0.1, 0.15) is 82.0 Å². The van der Waals surface area contributed by atoms with Crippen LogP contribution in [0.5, 0.6) is 0 Å². The van der Waals surface area contributed by atoms with Gasteiger partial charge in [-0.15, -0.1) is 12.6 Å². The minimum absolute atomic E-state index is 0.0818. The summed E-state index contributed by atoms with van der Waals surface area (Å²) in [5.41, 5.74) is -3.94. The fourth-order valence-corrected chi connectivity index (χ4v) is 7.70. The molecule has 4 unspecified atom stereocenters. The van der Waals surface area contributed by atoms with Gasteiger partial charge in [-0.05, 0) is 82.6 Å².